The Balaban J connectivity index is -0.0000000270. The van der Waals surface area contributed by atoms with Crippen LogP contribution >= 0.6 is 0 Å². The molecule has 0 heterocycles. The van der Waals surface area contributed by atoms with Crippen molar-refractivity contribution < 1.29 is 80.8 Å². The topological polar surface area (TPSA) is 190 Å². The molecule has 0 amide bonds. The van der Waals surface area contributed by atoms with E-state index in [1.807, 2.05) is 0 Å². The molecule has 0 aromatic rings. The first kappa shape index (κ1) is 29.6. The molecule has 0 aromatic heterocycles. The molecule has 0 aliphatic carbocycles. The second-order valence-electron chi connectivity index (χ2n) is 0.612. The molecule has 0 rings (SSSR count). The molecule has 9 nitrogen and oxygen atoms in total. The van der Waals surface area contributed by atoms with Crippen molar-refractivity contribution in [2.75, 3.05) is 0 Å². The van der Waals surface area contributed by atoms with Crippen LogP contribution in [0.1, 0.15) is 0 Å². The molecule has 14 heteroatoms. The zero-order valence-electron chi connectivity index (χ0n) is 5.65. The fourth-order valence-corrected chi connectivity index (χ4v) is 0. The first-order chi connectivity index (χ1) is 5.20. The van der Waals surface area contributed by atoms with Crippen molar-refractivity contribution in [2.24, 2.45) is 0 Å². The average molecular weight is 613 g/mol. The van der Waals surface area contributed by atoms with E-state index in [-0.39, 0.29) is 40.8 Å². The first-order valence-corrected chi connectivity index (χ1v) is 4.50. The van der Waals surface area contributed by atoms with Crippen molar-refractivity contribution >= 4 is 34.1 Å². The van der Waals surface area contributed by atoms with E-state index in [4.69, 9.17) is 39.9 Å². The van der Waals surface area contributed by atoms with Gasteiger partial charge in [-0.3, -0.25) is 12.6 Å². The molecule has 0 radical (unpaired) electrons. The molecule has 0 N–H and O–H groups in total. The minimum absolute atomic E-state index is 0. The van der Waals surface area contributed by atoms with Crippen LogP contribution in [0.3, 0.4) is 0 Å². The van der Waals surface area contributed by atoms with Crippen LogP contribution in [0.5, 0.6) is 0 Å². The summed E-state index contributed by atoms with van der Waals surface area (Å²) in [4.78, 5) is 0. The summed E-state index contributed by atoms with van der Waals surface area (Å²) in [6, 6.07) is 0. The van der Waals surface area contributed by atoms with Crippen LogP contribution < -0.4 is 0 Å². The summed E-state index contributed by atoms with van der Waals surface area (Å²) < 4.78 is 76.0. The first-order valence-electron chi connectivity index (χ1n) is 1.50. The Morgan fingerprint density at radius 3 is 0.500 bits per heavy atom. The molecule has 86 valence electrons. The maximum atomic E-state index is 8.44. The quantitative estimate of drug-likeness (QED) is 0.256. The molecule has 0 unspecified atom stereocenters. The van der Waals surface area contributed by atoms with Crippen LogP contribution in [0.4, 0.5) is 0 Å². The number of hydrogen-bond donors (Lipinski definition) is 0. The van der Waals surface area contributed by atoms with Gasteiger partial charge in [0.05, 0.1) is 0 Å². The van der Waals surface area contributed by atoms with Crippen LogP contribution in [-0.2, 0) is 74.9 Å². The average Bonchev–Trinajstić information content (AvgIpc) is 1.54. The largest absolute Gasteiger partial charge is 3.00 e. The van der Waals surface area contributed by atoms with Gasteiger partial charge in [0, 0.05) is 0 Å². The van der Waals surface area contributed by atoms with Crippen LogP contribution in [0.2, 0.25) is 0 Å². The minimum Gasteiger partial charge on any atom is -0.784 e. The molecule has 0 atom stereocenters. The van der Waals surface area contributed by atoms with Gasteiger partial charge in [0.2, 0.25) is 0 Å². The van der Waals surface area contributed by atoms with Crippen molar-refractivity contribution in [1.82, 2.24) is 0 Å². The summed E-state index contributed by atoms with van der Waals surface area (Å²) in [6.45, 7) is 0. The van der Waals surface area contributed by atoms with Gasteiger partial charge in [0.25, 0.3) is 0 Å². The van der Waals surface area contributed by atoms with E-state index in [0.29, 0.717) is 0 Å². The summed E-state index contributed by atoms with van der Waals surface area (Å²) in [7, 11) is 0. The molecular formula is O9Re2S3. The standard InChI is InChI=1S/3H2O3S.2Re/c3*1-4(2)3;;/h3*(H2,1,2,3);;/q;;;2*+3/p-6. The Morgan fingerprint density at radius 1 is 0.500 bits per heavy atom. The third kappa shape index (κ3) is 903. The van der Waals surface area contributed by atoms with Gasteiger partial charge in [0.1, 0.15) is 0 Å². The third-order valence-electron chi connectivity index (χ3n) is 0. The van der Waals surface area contributed by atoms with Crippen molar-refractivity contribution in [2.45, 2.75) is 0 Å². The maximum Gasteiger partial charge on any atom is 3.00 e. The molecule has 0 aromatic carbocycles. The summed E-state index contributed by atoms with van der Waals surface area (Å²) >= 11 is -9.33. The fraction of sp³-hybridized carbons (Fsp3) is 0. The van der Waals surface area contributed by atoms with Gasteiger partial charge in [-0.1, -0.05) is 0 Å². The van der Waals surface area contributed by atoms with Crippen LogP contribution in [0.25, 0.3) is 0 Å². The van der Waals surface area contributed by atoms with Crippen molar-refractivity contribution in [1.29, 1.82) is 0 Å². The minimum atomic E-state index is -3.11. The molecule has 0 aliphatic rings. The summed E-state index contributed by atoms with van der Waals surface area (Å²) in [5.74, 6) is 0. The predicted molar refractivity (Wildman–Crippen MR) is 29.1 cm³/mol. The molecule has 0 bridgehead atoms. The molecule has 0 spiro atoms. The van der Waals surface area contributed by atoms with Gasteiger partial charge in [0.15, 0.2) is 0 Å². The van der Waals surface area contributed by atoms with Crippen molar-refractivity contribution in [3.8, 4) is 0 Å². The molecular weight excluding hydrogens is 613 g/mol. The number of hydrogen-bond acceptors (Lipinski definition) is 9. The Kier molecular flexibility index (Phi) is 50.7. The van der Waals surface area contributed by atoms with Gasteiger partial charge in [-0.2, -0.15) is 0 Å². The fourth-order valence-electron chi connectivity index (χ4n) is 0. The van der Waals surface area contributed by atoms with E-state index >= 15 is 0 Å². The van der Waals surface area contributed by atoms with Crippen LogP contribution in [0, 0.1) is 0 Å². The predicted octanol–water partition coefficient (Wildman–Crippen LogP) is -3.02. The van der Waals surface area contributed by atoms with Gasteiger partial charge < -0.3 is 27.3 Å². The van der Waals surface area contributed by atoms with E-state index in [2.05, 4.69) is 0 Å². The summed E-state index contributed by atoms with van der Waals surface area (Å²) in [6.07, 6.45) is 0. The van der Waals surface area contributed by atoms with Crippen LogP contribution in [-0.4, -0.2) is 39.9 Å². The summed E-state index contributed by atoms with van der Waals surface area (Å²) in [5.41, 5.74) is 0. The van der Waals surface area contributed by atoms with Gasteiger partial charge in [-0.05, 0) is 0 Å². The second kappa shape index (κ2) is 24.0. The van der Waals surface area contributed by atoms with E-state index < -0.39 is 34.1 Å². The Bertz CT molecular complexity index is 116. The number of rotatable bonds is 0. The van der Waals surface area contributed by atoms with E-state index in [1.54, 1.807) is 0 Å². The molecule has 0 saturated carbocycles. The smallest absolute Gasteiger partial charge is 0.784 e. The zero-order chi connectivity index (χ0) is 10.7. The third-order valence-corrected chi connectivity index (χ3v) is 0. The zero-order valence-corrected chi connectivity index (χ0v) is 13.5. The van der Waals surface area contributed by atoms with Gasteiger partial charge in [-0.15, -0.1) is 34.1 Å². The normalized spacial score (nSPS) is 7.50. The molecule has 0 fully saturated rings. The van der Waals surface area contributed by atoms with Crippen molar-refractivity contribution in [3.05, 3.63) is 0 Å². The van der Waals surface area contributed by atoms with Gasteiger partial charge in [-0.25, -0.2) is 0 Å². The Morgan fingerprint density at radius 2 is 0.500 bits per heavy atom. The van der Waals surface area contributed by atoms with E-state index in [1.165, 1.54) is 0 Å². The Hall–Kier alpha value is 1.53. The molecule has 0 saturated heterocycles. The van der Waals surface area contributed by atoms with Crippen molar-refractivity contribution in [3.63, 3.8) is 0 Å². The van der Waals surface area contributed by atoms with E-state index in [9.17, 15) is 0 Å². The molecule has 14 heavy (non-hydrogen) atoms. The van der Waals surface area contributed by atoms with Gasteiger partial charge >= 0.3 is 40.8 Å². The Labute approximate surface area is 114 Å². The monoisotopic (exact) mass is 614 g/mol. The second-order valence-corrected chi connectivity index (χ2v) is 1.84. The molecule has 0 aliphatic heterocycles. The van der Waals surface area contributed by atoms with E-state index in [0.717, 1.165) is 0 Å². The van der Waals surface area contributed by atoms with Crippen LogP contribution in [0.15, 0.2) is 0 Å². The summed E-state index contributed by atoms with van der Waals surface area (Å²) in [5, 5.41) is 0. The SMILES string of the molecule is O=S([O-])[O-].O=S([O-])[O-].O=S([O-])[O-].[Re+3].[Re+3]. The maximum absolute atomic E-state index is 8.44.